The van der Waals surface area contributed by atoms with E-state index in [1.165, 1.54) is 12.1 Å². The number of rotatable bonds is 5. The van der Waals surface area contributed by atoms with E-state index in [-0.39, 0.29) is 17.5 Å². The van der Waals surface area contributed by atoms with E-state index in [2.05, 4.69) is 10.3 Å². The maximum Gasteiger partial charge on any atom is 0.287 e. The second kappa shape index (κ2) is 7.93. The van der Waals surface area contributed by atoms with Crippen molar-refractivity contribution in [1.29, 1.82) is 0 Å². The van der Waals surface area contributed by atoms with Crippen molar-refractivity contribution in [2.75, 3.05) is 0 Å². The van der Waals surface area contributed by atoms with E-state index in [9.17, 15) is 9.18 Å². The highest BCUT2D eigenvalue weighted by Crippen LogP contribution is 2.25. The van der Waals surface area contributed by atoms with Gasteiger partial charge in [-0.25, -0.2) is 9.37 Å². The van der Waals surface area contributed by atoms with Gasteiger partial charge >= 0.3 is 0 Å². The summed E-state index contributed by atoms with van der Waals surface area (Å²) in [7, 11) is 1.86. The molecule has 0 unspecified atom stereocenters. The number of hydrogen-bond acceptors (Lipinski definition) is 3. The topological polar surface area (TPSA) is 60.1 Å². The molecule has 29 heavy (non-hydrogen) atoms. The van der Waals surface area contributed by atoms with Crippen molar-refractivity contribution in [1.82, 2.24) is 14.9 Å². The quantitative estimate of drug-likeness (QED) is 0.505. The second-order valence-electron chi connectivity index (χ2n) is 6.53. The first-order valence-corrected chi connectivity index (χ1v) is 9.28. The largest absolute Gasteiger partial charge is 0.451 e. The maximum absolute atomic E-state index is 13.1. The van der Waals surface area contributed by atoms with Crippen molar-refractivity contribution in [2.45, 2.75) is 6.04 Å². The summed E-state index contributed by atoms with van der Waals surface area (Å²) in [6, 6.07) is 15.9. The van der Waals surface area contributed by atoms with Gasteiger partial charge < -0.3 is 14.3 Å². The summed E-state index contributed by atoms with van der Waals surface area (Å²) in [5.74, 6) is 0.583. The van der Waals surface area contributed by atoms with Gasteiger partial charge in [0.2, 0.25) is 0 Å². The number of imidazole rings is 1. The monoisotopic (exact) mass is 409 g/mol. The van der Waals surface area contributed by atoms with Crippen molar-refractivity contribution >= 4 is 17.5 Å². The molecule has 0 bridgehead atoms. The average molecular weight is 410 g/mol. The minimum atomic E-state index is -0.487. The van der Waals surface area contributed by atoms with Crippen LogP contribution >= 0.6 is 11.6 Å². The fraction of sp³-hybridized carbons (Fsp3) is 0.0909. The van der Waals surface area contributed by atoms with Gasteiger partial charge in [-0.2, -0.15) is 0 Å². The fourth-order valence-electron chi connectivity index (χ4n) is 3.04. The molecule has 2 heterocycles. The van der Waals surface area contributed by atoms with Crippen LogP contribution in [-0.4, -0.2) is 15.5 Å². The van der Waals surface area contributed by atoms with Crippen LogP contribution in [0.3, 0.4) is 0 Å². The molecule has 4 aromatic rings. The Labute approximate surface area is 171 Å². The van der Waals surface area contributed by atoms with Crippen LogP contribution in [0.1, 0.15) is 28.0 Å². The van der Waals surface area contributed by atoms with Gasteiger partial charge in [-0.3, -0.25) is 4.79 Å². The van der Waals surface area contributed by atoms with Crippen molar-refractivity contribution in [3.63, 3.8) is 0 Å². The number of carbonyl (C=O) groups excluding carboxylic acids is 1. The first-order chi connectivity index (χ1) is 14.0. The Bertz CT molecular complexity index is 1130. The van der Waals surface area contributed by atoms with Gasteiger partial charge in [0.1, 0.15) is 23.4 Å². The second-order valence-corrected chi connectivity index (χ2v) is 6.96. The molecular weight excluding hydrogens is 393 g/mol. The third-order valence-electron chi connectivity index (χ3n) is 4.55. The van der Waals surface area contributed by atoms with Crippen LogP contribution in [0.2, 0.25) is 5.02 Å². The van der Waals surface area contributed by atoms with Crippen LogP contribution in [0.15, 0.2) is 77.5 Å². The average Bonchev–Trinajstić information content (AvgIpc) is 3.37. The van der Waals surface area contributed by atoms with Gasteiger partial charge in [0.15, 0.2) is 5.76 Å². The van der Waals surface area contributed by atoms with E-state index in [4.69, 9.17) is 16.0 Å². The fourth-order valence-corrected chi connectivity index (χ4v) is 3.16. The van der Waals surface area contributed by atoms with Crippen LogP contribution < -0.4 is 5.32 Å². The van der Waals surface area contributed by atoms with Crippen molar-refractivity contribution in [2.24, 2.45) is 7.05 Å². The lowest BCUT2D eigenvalue weighted by Gasteiger charge is -2.18. The normalized spacial score (nSPS) is 12.0. The molecule has 0 spiro atoms. The van der Waals surface area contributed by atoms with Gasteiger partial charge in [0, 0.05) is 30.0 Å². The van der Waals surface area contributed by atoms with Gasteiger partial charge in [0.25, 0.3) is 5.91 Å². The predicted molar refractivity (Wildman–Crippen MR) is 108 cm³/mol. The molecule has 0 fully saturated rings. The summed E-state index contributed by atoms with van der Waals surface area (Å²) in [4.78, 5) is 17.2. The third-order valence-corrected chi connectivity index (χ3v) is 4.81. The molecule has 0 saturated carbocycles. The van der Waals surface area contributed by atoms with Crippen molar-refractivity contribution < 1.29 is 13.6 Å². The third kappa shape index (κ3) is 4.07. The number of carbonyl (C=O) groups is 1. The summed E-state index contributed by atoms with van der Waals surface area (Å²) < 4.78 is 20.7. The molecule has 0 aliphatic rings. The lowest BCUT2D eigenvalue weighted by atomic mass is 10.1. The highest BCUT2D eigenvalue weighted by molar-refractivity contribution is 6.30. The van der Waals surface area contributed by atoms with E-state index >= 15 is 0 Å². The number of halogens is 2. The van der Waals surface area contributed by atoms with Gasteiger partial charge in [0.05, 0.1) is 0 Å². The Morgan fingerprint density at radius 2 is 1.83 bits per heavy atom. The van der Waals surface area contributed by atoms with Crippen LogP contribution in [0.4, 0.5) is 4.39 Å². The summed E-state index contributed by atoms with van der Waals surface area (Å²) >= 11 is 6.00. The molecule has 1 amide bonds. The first kappa shape index (κ1) is 19.0. The Morgan fingerprint density at radius 3 is 2.48 bits per heavy atom. The Hall–Kier alpha value is -3.38. The molecule has 4 rings (SSSR count). The number of benzene rings is 2. The molecule has 0 aliphatic heterocycles. The zero-order valence-corrected chi connectivity index (χ0v) is 16.2. The summed E-state index contributed by atoms with van der Waals surface area (Å²) in [5.41, 5.74) is 1.52. The molecule has 7 heteroatoms. The predicted octanol–water partition coefficient (Wildman–Crippen LogP) is 4.99. The SMILES string of the molecule is Cn1ccnc1[C@@H](NC(=O)c1ccc(-c2ccc(F)cc2)o1)c1ccc(Cl)cc1. The number of nitrogens with one attached hydrogen (secondary N) is 1. The molecule has 0 radical (unpaired) electrons. The molecule has 0 aliphatic carbocycles. The van der Waals surface area contributed by atoms with Crippen LogP contribution in [0.5, 0.6) is 0 Å². The zero-order chi connectivity index (χ0) is 20.4. The number of nitrogens with zero attached hydrogens (tertiary/aromatic N) is 2. The zero-order valence-electron chi connectivity index (χ0n) is 15.5. The molecule has 1 atom stereocenters. The van der Waals surface area contributed by atoms with Gasteiger partial charge in [-0.15, -0.1) is 0 Å². The van der Waals surface area contributed by atoms with E-state index in [1.54, 1.807) is 42.6 Å². The lowest BCUT2D eigenvalue weighted by Crippen LogP contribution is -2.30. The molecule has 0 saturated heterocycles. The van der Waals surface area contributed by atoms with Crippen LogP contribution in [-0.2, 0) is 7.05 Å². The van der Waals surface area contributed by atoms with E-state index in [0.29, 0.717) is 22.2 Å². The van der Waals surface area contributed by atoms with Gasteiger partial charge in [-0.1, -0.05) is 23.7 Å². The number of aromatic nitrogens is 2. The van der Waals surface area contributed by atoms with E-state index < -0.39 is 6.04 Å². The lowest BCUT2D eigenvalue weighted by molar-refractivity contribution is 0.0914. The Balaban J connectivity index is 1.61. The number of furan rings is 1. The molecule has 5 nitrogen and oxygen atoms in total. The Kier molecular flexibility index (Phi) is 5.18. The van der Waals surface area contributed by atoms with E-state index in [0.717, 1.165) is 5.56 Å². The maximum atomic E-state index is 13.1. The number of aryl methyl sites for hydroxylation is 1. The van der Waals surface area contributed by atoms with E-state index in [1.807, 2.05) is 29.9 Å². The number of amides is 1. The molecule has 146 valence electrons. The number of hydrogen-bond donors (Lipinski definition) is 1. The smallest absolute Gasteiger partial charge is 0.287 e. The molecule has 1 N–H and O–H groups in total. The minimum absolute atomic E-state index is 0.150. The summed E-state index contributed by atoms with van der Waals surface area (Å²) in [5, 5.41) is 3.57. The van der Waals surface area contributed by atoms with Crippen LogP contribution in [0.25, 0.3) is 11.3 Å². The first-order valence-electron chi connectivity index (χ1n) is 8.90. The standard InChI is InChI=1S/C22H17ClFN3O2/c1-27-13-12-25-21(27)20(15-2-6-16(23)7-3-15)26-22(28)19-11-10-18(29-19)14-4-8-17(24)9-5-14/h2-13,20H,1H3,(H,26,28)/t20-/m0/s1. The highest BCUT2D eigenvalue weighted by atomic mass is 35.5. The molecule has 2 aromatic heterocycles. The Morgan fingerprint density at radius 1 is 1.10 bits per heavy atom. The summed E-state index contributed by atoms with van der Waals surface area (Å²) in [6.45, 7) is 0. The van der Waals surface area contributed by atoms with Crippen molar-refractivity contribution in [3.05, 3.63) is 101 Å². The molecular formula is C22H17ClFN3O2. The minimum Gasteiger partial charge on any atom is -0.451 e. The summed E-state index contributed by atoms with van der Waals surface area (Å²) in [6.07, 6.45) is 3.48. The van der Waals surface area contributed by atoms with Gasteiger partial charge in [-0.05, 0) is 54.1 Å². The highest BCUT2D eigenvalue weighted by Gasteiger charge is 2.23. The van der Waals surface area contributed by atoms with Crippen LogP contribution in [0, 0.1) is 5.82 Å². The molecule has 2 aromatic carbocycles. The van der Waals surface area contributed by atoms with Crippen molar-refractivity contribution in [3.8, 4) is 11.3 Å².